The van der Waals surface area contributed by atoms with Gasteiger partial charge in [0.2, 0.25) is 0 Å². The molecule has 0 radical (unpaired) electrons. The lowest BCUT2D eigenvalue weighted by Gasteiger charge is -2.01. The Balaban J connectivity index is 2.15. The van der Waals surface area contributed by atoms with Gasteiger partial charge in [0.25, 0.3) is 0 Å². The zero-order valence-corrected chi connectivity index (χ0v) is 9.88. The molecule has 0 saturated carbocycles. The summed E-state index contributed by atoms with van der Waals surface area (Å²) < 4.78 is 24.1. The number of carbonyl (C=O) groups is 1. The SMILES string of the molecule is CCOC(=O)c1cc2c3c(c(F)cc2[nH]1)CCO3. The van der Waals surface area contributed by atoms with E-state index in [9.17, 15) is 9.18 Å². The van der Waals surface area contributed by atoms with E-state index in [0.29, 0.717) is 42.2 Å². The molecule has 1 aromatic heterocycles. The van der Waals surface area contributed by atoms with E-state index in [0.717, 1.165) is 5.39 Å². The molecule has 2 aromatic rings. The van der Waals surface area contributed by atoms with E-state index in [-0.39, 0.29) is 5.82 Å². The second kappa shape index (κ2) is 4.01. The Kier molecular flexibility index (Phi) is 2.47. The summed E-state index contributed by atoms with van der Waals surface area (Å²) in [5.74, 6) is -0.204. The van der Waals surface area contributed by atoms with E-state index >= 15 is 0 Å². The van der Waals surface area contributed by atoms with Gasteiger partial charge in [0.1, 0.15) is 17.3 Å². The third kappa shape index (κ3) is 1.54. The molecule has 0 unspecified atom stereocenters. The number of carbonyl (C=O) groups excluding carboxylic acids is 1. The molecule has 4 nitrogen and oxygen atoms in total. The number of hydrogen-bond acceptors (Lipinski definition) is 3. The Morgan fingerprint density at radius 1 is 1.56 bits per heavy atom. The molecule has 0 bridgehead atoms. The van der Waals surface area contributed by atoms with E-state index in [1.165, 1.54) is 6.07 Å². The standard InChI is InChI=1S/C13H12FNO3/c1-2-17-13(16)11-5-8-10(15-11)6-9(14)7-3-4-18-12(7)8/h5-6,15H,2-4H2,1H3. The molecule has 1 aliphatic rings. The topological polar surface area (TPSA) is 51.3 Å². The lowest BCUT2D eigenvalue weighted by molar-refractivity contribution is 0.0520. The highest BCUT2D eigenvalue weighted by molar-refractivity contribution is 5.97. The molecule has 18 heavy (non-hydrogen) atoms. The van der Waals surface area contributed by atoms with E-state index in [1.807, 2.05) is 0 Å². The van der Waals surface area contributed by atoms with Gasteiger partial charge in [-0.05, 0) is 19.1 Å². The zero-order chi connectivity index (χ0) is 12.7. The van der Waals surface area contributed by atoms with Gasteiger partial charge in [-0.2, -0.15) is 0 Å². The van der Waals surface area contributed by atoms with Crippen LogP contribution in [-0.4, -0.2) is 24.2 Å². The van der Waals surface area contributed by atoms with Crippen molar-refractivity contribution in [3.8, 4) is 5.75 Å². The second-order valence-electron chi connectivity index (χ2n) is 4.13. The van der Waals surface area contributed by atoms with Crippen molar-refractivity contribution < 1.29 is 18.7 Å². The molecular formula is C13H12FNO3. The van der Waals surface area contributed by atoms with Crippen molar-refractivity contribution in [3.63, 3.8) is 0 Å². The molecule has 0 spiro atoms. The van der Waals surface area contributed by atoms with Crippen LogP contribution in [0.5, 0.6) is 5.75 Å². The molecule has 0 amide bonds. The summed E-state index contributed by atoms with van der Waals surface area (Å²) in [6.07, 6.45) is 0.566. The van der Waals surface area contributed by atoms with Gasteiger partial charge >= 0.3 is 5.97 Å². The molecule has 0 fully saturated rings. The van der Waals surface area contributed by atoms with Crippen LogP contribution < -0.4 is 4.74 Å². The molecule has 1 aromatic carbocycles. The lowest BCUT2D eigenvalue weighted by Crippen LogP contribution is -2.04. The fourth-order valence-corrected chi connectivity index (χ4v) is 2.23. The summed E-state index contributed by atoms with van der Waals surface area (Å²) in [5.41, 5.74) is 1.45. The van der Waals surface area contributed by atoms with Gasteiger partial charge in [0.05, 0.1) is 18.7 Å². The first-order valence-electron chi connectivity index (χ1n) is 5.84. The summed E-state index contributed by atoms with van der Waals surface area (Å²) in [6.45, 7) is 2.52. The number of benzene rings is 1. The van der Waals surface area contributed by atoms with Gasteiger partial charge in [-0.15, -0.1) is 0 Å². The summed E-state index contributed by atoms with van der Waals surface area (Å²) in [6, 6.07) is 3.04. The number of ether oxygens (including phenoxy) is 2. The summed E-state index contributed by atoms with van der Waals surface area (Å²) in [7, 11) is 0. The number of hydrogen-bond donors (Lipinski definition) is 1. The average Bonchev–Trinajstić information content (AvgIpc) is 2.93. The van der Waals surface area contributed by atoms with E-state index in [2.05, 4.69) is 4.98 Å². The predicted molar refractivity (Wildman–Crippen MR) is 63.4 cm³/mol. The third-order valence-corrected chi connectivity index (χ3v) is 3.02. The van der Waals surface area contributed by atoms with E-state index in [1.54, 1.807) is 13.0 Å². The minimum absolute atomic E-state index is 0.299. The van der Waals surface area contributed by atoms with Crippen LogP contribution in [0.1, 0.15) is 23.0 Å². The number of rotatable bonds is 2. The minimum atomic E-state index is -0.444. The fraction of sp³-hybridized carbons (Fsp3) is 0.308. The highest BCUT2D eigenvalue weighted by atomic mass is 19.1. The predicted octanol–water partition coefficient (Wildman–Crippen LogP) is 2.42. The molecule has 0 saturated heterocycles. The van der Waals surface area contributed by atoms with Crippen LogP contribution >= 0.6 is 0 Å². The molecular weight excluding hydrogens is 237 g/mol. The highest BCUT2D eigenvalue weighted by Gasteiger charge is 2.22. The number of halogens is 1. The Bertz CT molecular complexity index is 633. The van der Waals surface area contributed by atoms with Gasteiger partial charge in [-0.3, -0.25) is 0 Å². The van der Waals surface area contributed by atoms with Gasteiger partial charge in [0, 0.05) is 17.4 Å². The summed E-state index contributed by atoms with van der Waals surface area (Å²) in [4.78, 5) is 14.5. The zero-order valence-electron chi connectivity index (χ0n) is 9.88. The number of H-pyrrole nitrogens is 1. The van der Waals surface area contributed by atoms with Crippen LogP contribution in [0, 0.1) is 5.82 Å². The summed E-state index contributed by atoms with van der Waals surface area (Å²) >= 11 is 0. The van der Waals surface area contributed by atoms with Crippen molar-refractivity contribution in [2.45, 2.75) is 13.3 Å². The van der Waals surface area contributed by atoms with Gasteiger partial charge in [0.15, 0.2) is 0 Å². The van der Waals surface area contributed by atoms with E-state index < -0.39 is 5.97 Å². The Hall–Kier alpha value is -2.04. The van der Waals surface area contributed by atoms with Crippen LogP contribution in [0.15, 0.2) is 12.1 Å². The minimum Gasteiger partial charge on any atom is -0.492 e. The molecule has 0 atom stereocenters. The molecule has 5 heteroatoms. The van der Waals surface area contributed by atoms with Gasteiger partial charge in [-0.1, -0.05) is 0 Å². The van der Waals surface area contributed by atoms with Crippen molar-refractivity contribution in [2.24, 2.45) is 0 Å². The number of nitrogens with one attached hydrogen (secondary N) is 1. The lowest BCUT2D eigenvalue weighted by atomic mass is 10.1. The quantitative estimate of drug-likeness (QED) is 0.831. The normalized spacial score (nSPS) is 13.4. The summed E-state index contributed by atoms with van der Waals surface area (Å²) in [5, 5.41) is 0.729. The van der Waals surface area contributed by atoms with Crippen LogP contribution in [0.3, 0.4) is 0 Å². The first kappa shape index (κ1) is 11.1. The van der Waals surface area contributed by atoms with Crippen molar-refractivity contribution in [1.82, 2.24) is 4.98 Å². The largest absolute Gasteiger partial charge is 0.492 e. The maximum Gasteiger partial charge on any atom is 0.354 e. The van der Waals surface area contributed by atoms with Gasteiger partial charge in [-0.25, -0.2) is 9.18 Å². The van der Waals surface area contributed by atoms with Gasteiger partial charge < -0.3 is 14.5 Å². The molecule has 0 aliphatic carbocycles. The van der Waals surface area contributed by atoms with Crippen LogP contribution in [0.25, 0.3) is 10.9 Å². The van der Waals surface area contributed by atoms with Crippen molar-refractivity contribution in [3.05, 3.63) is 29.2 Å². The maximum absolute atomic E-state index is 13.8. The molecule has 94 valence electrons. The monoisotopic (exact) mass is 249 g/mol. The smallest absolute Gasteiger partial charge is 0.354 e. The average molecular weight is 249 g/mol. The number of fused-ring (bicyclic) bond motifs is 3. The second-order valence-corrected chi connectivity index (χ2v) is 4.13. The molecule has 3 rings (SSSR count). The number of aromatic nitrogens is 1. The van der Waals surface area contributed by atoms with Crippen LogP contribution in [-0.2, 0) is 11.2 Å². The van der Waals surface area contributed by atoms with E-state index in [4.69, 9.17) is 9.47 Å². The number of esters is 1. The Labute approximate surface area is 103 Å². The number of aromatic amines is 1. The molecule has 1 N–H and O–H groups in total. The Morgan fingerprint density at radius 3 is 3.17 bits per heavy atom. The first-order valence-corrected chi connectivity index (χ1v) is 5.84. The van der Waals surface area contributed by atoms with Crippen LogP contribution in [0.4, 0.5) is 4.39 Å². The first-order chi connectivity index (χ1) is 8.70. The fourth-order valence-electron chi connectivity index (χ4n) is 2.23. The van der Waals surface area contributed by atoms with Crippen molar-refractivity contribution in [2.75, 3.05) is 13.2 Å². The molecule has 2 heterocycles. The Morgan fingerprint density at radius 2 is 2.39 bits per heavy atom. The van der Waals surface area contributed by atoms with Crippen LogP contribution in [0.2, 0.25) is 0 Å². The van der Waals surface area contributed by atoms with Crippen molar-refractivity contribution >= 4 is 16.9 Å². The molecule has 1 aliphatic heterocycles. The highest BCUT2D eigenvalue weighted by Crippen LogP contribution is 2.36. The maximum atomic E-state index is 13.8. The van der Waals surface area contributed by atoms with Crippen molar-refractivity contribution in [1.29, 1.82) is 0 Å². The third-order valence-electron chi connectivity index (χ3n) is 3.02.